The largest absolute Gasteiger partial charge is 0.333 e. The van der Waals surface area contributed by atoms with Crippen molar-refractivity contribution in [3.05, 3.63) is 99.4 Å². The molecule has 9 nitrogen and oxygen atoms in total. The first kappa shape index (κ1) is 25.3. The summed E-state index contributed by atoms with van der Waals surface area (Å²) in [6.07, 6.45) is 6.20. The van der Waals surface area contributed by atoms with Gasteiger partial charge in [0.2, 0.25) is 5.82 Å². The number of para-hydroxylation sites is 1. The van der Waals surface area contributed by atoms with Gasteiger partial charge < -0.3 is 0 Å². The molecule has 0 atom stereocenters. The Balaban J connectivity index is 1.51. The number of benzene rings is 2. The van der Waals surface area contributed by atoms with Gasteiger partial charge in [-0.2, -0.15) is 5.21 Å². The summed E-state index contributed by atoms with van der Waals surface area (Å²) in [7, 11) is 0. The Labute approximate surface area is 224 Å². The van der Waals surface area contributed by atoms with Crippen LogP contribution >= 0.6 is 11.6 Å². The van der Waals surface area contributed by atoms with Gasteiger partial charge in [0.1, 0.15) is 0 Å². The number of carbonyl (C=O) groups is 1. The van der Waals surface area contributed by atoms with E-state index in [0.717, 1.165) is 47.3 Å². The highest BCUT2D eigenvalue weighted by Gasteiger charge is 2.19. The van der Waals surface area contributed by atoms with Crippen molar-refractivity contribution in [1.29, 1.82) is 0 Å². The molecule has 0 aliphatic rings. The van der Waals surface area contributed by atoms with E-state index in [0.29, 0.717) is 22.1 Å². The summed E-state index contributed by atoms with van der Waals surface area (Å²) in [5.41, 5.74) is 4.80. The number of halogens is 1. The van der Waals surface area contributed by atoms with Crippen molar-refractivity contribution in [1.82, 2.24) is 34.7 Å². The van der Waals surface area contributed by atoms with Crippen LogP contribution in [-0.2, 0) is 13.0 Å². The molecule has 3 aromatic heterocycles. The summed E-state index contributed by atoms with van der Waals surface area (Å²) in [5, 5.41) is 14.7. The maximum absolute atomic E-state index is 13.7. The Kier molecular flexibility index (Phi) is 7.28. The van der Waals surface area contributed by atoms with Crippen molar-refractivity contribution in [2.24, 2.45) is 0 Å². The number of imidazole rings is 1. The first-order valence-corrected chi connectivity index (χ1v) is 12.7. The molecule has 0 unspecified atom stereocenters. The number of aromatic nitrogens is 7. The van der Waals surface area contributed by atoms with Gasteiger partial charge in [-0.3, -0.25) is 18.9 Å². The third-order valence-electron chi connectivity index (χ3n) is 6.42. The number of H-pyrrole nitrogens is 1. The van der Waals surface area contributed by atoms with Crippen LogP contribution < -0.4 is 5.69 Å². The van der Waals surface area contributed by atoms with Crippen molar-refractivity contribution < 1.29 is 4.79 Å². The maximum Gasteiger partial charge on any atom is 0.333 e. The lowest BCUT2D eigenvalue weighted by molar-refractivity contribution is 0.101. The van der Waals surface area contributed by atoms with Crippen LogP contribution in [0.3, 0.4) is 0 Å². The molecule has 0 spiro atoms. The third kappa shape index (κ3) is 4.92. The molecule has 0 aliphatic heterocycles. The van der Waals surface area contributed by atoms with Crippen molar-refractivity contribution in [2.75, 3.05) is 0 Å². The lowest BCUT2D eigenvalue weighted by Crippen LogP contribution is -2.26. The predicted octanol–water partition coefficient (Wildman–Crippen LogP) is 5.13. The number of rotatable bonds is 9. The Hall–Kier alpha value is -4.37. The van der Waals surface area contributed by atoms with Gasteiger partial charge in [-0.25, -0.2) is 4.79 Å². The number of carbonyl (C=O) groups excluding carboxylic acids is 1. The topological polar surface area (TPSA) is 111 Å². The number of hydrogen-bond acceptors (Lipinski definition) is 6. The van der Waals surface area contributed by atoms with Gasteiger partial charge in [0.25, 0.3) is 0 Å². The first-order valence-electron chi connectivity index (χ1n) is 12.4. The number of pyridine rings is 1. The molecular weight excluding hydrogens is 502 g/mol. The predicted molar refractivity (Wildman–Crippen MR) is 146 cm³/mol. The van der Waals surface area contributed by atoms with Crippen LogP contribution in [-0.4, -0.2) is 40.5 Å². The number of tetrazole rings is 1. The third-order valence-corrected chi connectivity index (χ3v) is 6.73. The van der Waals surface area contributed by atoms with E-state index in [2.05, 4.69) is 32.5 Å². The van der Waals surface area contributed by atoms with Gasteiger partial charge in [0, 0.05) is 34.8 Å². The van der Waals surface area contributed by atoms with E-state index < -0.39 is 0 Å². The van der Waals surface area contributed by atoms with E-state index in [-0.39, 0.29) is 18.0 Å². The Morgan fingerprint density at radius 3 is 2.55 bits per heavy atom. The second-order valence-corrected chi connectivity index (χ2v) is 9.38. The number of aromatic amines is 1. The molecule has 0 radical (unpaired) electrons. The van der Waals surface area contributed by atoms with Crippen molar-refractivity contribution in [3.63, 3.8) is 0 Å². The molecule has 5 aromatic rings. The fourth-order valence-corrected chi connectivity index (χ4v) is 4.77. The second kappa shape index (κ2) is 10.9. The molecule has 10 heteroatoms. The highest BCUT2D eigenvalue weighted by Crippen LogP contribution is 2.29. The van der Waals surface area contributed by atoms with E-state index >= 15 is 0 Å². The van der Waals surface area contributed by atoms with Crippen LogP contribution in [0.4, 0.5) is 0 Å². The molecule has 0 amide bonds. The summed E-state index contributed by atoms with van der Waals surface area (Å²) in [6, 6.07) is 16.7. The van der Waals surface area contributed by atoms with Gasteiger partial charge in [-0.05, 0) is 48.7 Å². The molecule has 0 saturated carbocycles. The van der Waals surface area contributed by atoms with Crippen molar-refractivity contribution in [2.45, 2.75) is 39.7 Å². The normalized spacial score (nSPS) is 11.1. The molecule has 0 aliphatic carbocycles. The Morgan fingerprint density at radius 1 is 1.05 bits per heavy atom. The number of hydrogen-bond donors (Lipinski definition) is 1. The fourth-order valence-electron chi connectivity index (χ4n) is 4.50. The summed E-state index contributed by atoms with van der Waals surface area (Å²) in [4.78, 5) is 30.6. The highest BCUT2D eigenvalue weighted by atomic mass is 35.5. The van der Waals surface area contributed by atoms with Gasteiger partial charge >= 0.3 is 5.69 Å². The summed E-state index contributed by atoms with van der Waals surface area (Å²) >= 11 is 6.48. The quantitative estimate of drug-likeness (QED) is 0.266. The molecule has 2 aromatic carbocycles. The Morgan fingerprint density at radius 2 is 1.87 bits per heavy atom. The van der Waals surface area contributed by atoms with Gasteiger partial charge in [0.15, 0.2) is 5.78 Å². The highest BCUT2D eigenvalue weighted by molar-refractivity contribution is 6.33. The summed E-state index contributed by atoms with van der Waals surface area (Å²) in [5.74, 6) is 0.346. The van der Waals surface area contributed by atoms with Crippen LogP contribution in [0.25, 0.3) is 28.2 Å². The molecule has 192 valence electrons. The van der Waals surface area contributed by atoms with Gasteiger partial charge in [0.05, 0.1) is 22.9 Å². The molecule has 1 N–H and O–H groups in total. The summed E-state index contributed by atoms with van der Waals surface area (Å²) < 4.78 is 3.19. The fraction of sp³-hybridized carbons (Fsp3) is 0.214. The van der Waals surface area contributed by atoms with Crippen molar-refractivity contribution >= 4 is 17.4 Å². The Bertz CT molecular complexity index is 1640. The minimum Gasteiger partial charge on any atom is -0.294 e. The van der Waals surface area contributed by atoms with E-state index in [4.69, 9.17) is 11.6 Å². The van der Waals surface area contributed by atoms with Gasteiger partial charge in [-0.1, -0.05) is 61.3 Å². The molecular formula is C28H26ClN7O2. The van der Waals surface area contributed by atoms with Crippen LogP contribution in [0.5, 0.6) is 0 Å². The minimum atomic E-state index is -0.264. The zero-order chi connectivity index (χ0) is 26.6. The number of unbranched alkanes of at least 4 members (excludes halogenated alkanes) is 1. The summed E-state index contributed by atoms with van der Waals surface area (Å²) in [6.45, 7) is 3.86. The number of nitrogens with zero attached hydrogens (tertiary/aromatic N) is 6. The number of aryl methyl sites for hydroxylation is 1. The van der Waals surface area contributed by atoms with Gasteiger partial charge in [-0.15, -0.1) is 10.2 Å². The zero-order valence-corrected chi connectivity index (χ0v) is 21.8. The molecule has 5 rings (SSSR count). The van der Waals surface area contributed by atoms with Crippen LogP contribution in [0.2, 0.25) is 5.02 Å². The first-order chi connectivity index (χ1) is 18.5. The van der Waals surface area contributed by atoms with E-state index in [1.165, 1.54) is 11.5 Å². The standard InChI is InChI=1S/C28H26ClN7O2/c1-3-4-8-21-17-36(26-22(18(2)37)11-7-12-25(26)29)28(38)35(21)16-20-14-13-19(15-30-20)23-9-5-6-10-24(23)27-31-33-34-32-27/h5-7,9-15,17H,3-4,8,16H2,1-2H3,(H,31,32,33,34). The molecule has 38 heavy (non-hydrogen) atoms. The number of Topliss-reactive ketones (excluding diaryl/α,β-unsaturated/α-hetero) is 1. The van der Waals surface area contributed by atoms with Crippen LogP contribution in [0.15, 0.2) is 71.8 Å². The van der Waals surface area contributed by atoms with Crippen molar-refractivity contribution in [3.8, 4) is 28.2 Å². The van der Waals surface area contributed by atoms with Crippen LogP contribution in [0.1, 0.15) is 48.4 Å². The smallest absolute Gasteiger partial charge is 0.294 e. The lowest BCUT2D eigenvalue weighted by atomic mass is 10.0. The molecule has 0 saturated heterocycles. The average Bonchev–Trinajstić information content (AvgIpc) is 3.57. The molecule has 0 fully saturated rings. The molecule has 3 heterocycles. The molecule has 0 bridgehead atoms. The van der Waals surface area contributed by atoms with E-state index in [9.17, 15) is 9.59 Å². The zero-order valence-electron chi connectivity index (χ0n) is 21.1. The number of nitrogens with one attached hydrogen (secondary N) is 1. The second-order valence-electron chi connectivity index (χ2n) is 8.97. The minimum absolute atomic E-state index is 0.157. The monoisotopic (exact) mass is 527 g/mol. The van der Waals surface area contributed by atoms with E-state index in [1.807, 2.05) is 36.4 Å². The maximum atomic E-state index is 13.7. The van der Waals surface area contributed by atoms with Crippen LogP contribution in [0, 0.1) is 0 Å². The average molecular weight is 528 g/mol. The van der Waals surface area contributed by atoms with E-state index in [1.54, 1.807) is 35.2 Å². The lowest BCUT2D eigenvalue weighted by Gasteiger charge is -2.10. The number of ketones is 1. The SMILES string of the molecule is CCCCc1cn(-c2c(Cl)cccc2C(C)=O)c(=O)n1Cc1ccc(-c2ccccc2-c2nn[nH]n2)cn1.